The van der Waals surface area contributed by atoms with E-state index < -0.39 is 6.04 Å². The monoisotopic (exact) mass is 286 g/mol. The predicted molar refractivity (Wildman–Crippen MR) is 76.4 cm³/mol. The Morgan fingerprint density at radius 2 is 2.26 bits per heavy atom. The van der Waals surface area contributed by atoms with Gasteiger partial charge in [0.05, 0.1) is 6.61 Å². The second kappa shape index (κ2) is 7.93. The Morgan fingerprint density at radius 3 is 2.84 bits per heavy atom. The number of amides is 1. The normalized spacial score (nSPS) is 13.8. The maximum Gasteiger partial charge on any atom is 0.330 e. The van der Waals surface area contributed by atoms with Gasteiger partial charge in [-0.2, -0.15) is 4.98 Å². The second-order valence-corrected chi connectivity index (χ2v) is 5.25. The quantitative estimate of drug-likeness (QED) is 0.678. The maximum absolute atomic E-state index is 11.4. The number of nitrogens with one attached hydrogen (secondary N) is 1. The Kier molecular flexibility index (Phi) is 6.55. The van der Waals surface area contributed by atoms with Crippen LogP contribution in [0.15, 0.2) is 0 Å². The van der Waals surface area contributed by atoms with E-state index in [1.165, 1.54) is 11.5 Å². The van der Waals surface area contributed by atoms with Crippen molar-refractivity contribution in [2.24, 2.45) is 11.7 Å². The third kappa shape index (κ3) is 5.02. The van der Waals surface area contributed by atoms with Crippen LogP contribution < -0.4 is 15.8 Å². The highest BCUT2D eigenvalue weighted by Crippen LogP contribution is 2.20. The van der Waals surface area contributed by atoms with Crippen molar-refractivity contribution in [1.29, 1.82) is 0 Å². The van der Waals surface area contributed by atoms with Gasteiger partial charge < -0.3 is 15.8 Å². The average Bonchev–Trinajstić information content (AvgIpc) is 2.83. The van der Waals surface area contributed by atoms with Crippen molar-refractivity contribution in [3.63, 3.8) is 0 Å². The van der Waals surface area contributed by atoms with E-state index in [0.29, 0.717) is 17.7 Å². The maximum atomic E-state index is 11.4. The Morgan fingerprint density at radius 1 is 1.53 bits per heavy atom. The first-order chi connectivity index (χ1) is 9.08. The number of anilines is 1. The molecule has 1 amide bonds. The Balaban J connectivity index is 2.57. The van der Waals surface area contributed by atoms with E-state index in [1.807, 2.05) is 13.8 Å². The summed E-state index contributed by atoms with van der Waals surface area (Å²) in [5.74, 6) is -0.233. The van der Waals surface area contributed by atoms with Crippen LogP contribution in [0.5, 0.6) is 6.01 Å². The van der Waals surface area contributed by atoms with Crippen molar-refractivity contribution < 1.29 is 9.53 Å². The van der Waals surface area contributed by atoms with Gasteiger partial charge in [0.2, 0.25) is 11.0 Å². The van der Waals surface area contributed by atoms with Crippen molar-refractivity contribution in [3.8, 4) is 6.01 Å². The summed E-state index contributed by atoms with van der Waals surface area (Å²) in [6.07, 6.45) is 2.89. The molecular formula is C12H22N4O2S. The highest BCUT2D eigenvalue weighted by molar-refractivity contribution is 7.09. The minimum absolute atomic E-state index is 0.144. The number of ether oxygens (including phenoxy) is 1. The van der Waals surface area contributed by atoms with Gasteiger partial charge in [-0.15, -0.1) is 4.37 Å². The van der Waals surface area contributed by atoms with Gasteiger partial charge in [0.1, 0.15) is 6.04 Å². The first kappa shape index (κ1) is 15.7. The highest BCUT2D eigenvalue weighted by atomic mass is 32.1. The van der Waals surface area contributed by atoms with Crippen LogP contribution in [0.2, 0.25) is 0 Å². The molecule has 0 saturated carbocycles. The number of aromatic nitrogens is 2. The van der Waals surface area contributed by atoms with Crippen molar-refractivity contribution in [3.05, 3.63) is 0 Å². The average molecular weight is 286 g/mol. The molecule has 0 aliphatic rings. The molecule has 0 aliphatic heterocycles. The zero-order valence-corrected chi connectivity index (χ0v) is 12.5. The molecule has 0 aliphatic carbocycles. The van der Waals surface area contributed by atoms with Crippen LogP contribution in [0, 0.1) is 5.92 Å². The van der Waals surface area contributed by atoms with Gasteiger partial charge in [-0.3, -0.25) is 4.79 Å². The molecule has 0 fully saturated rings. The predicted octanol–water partition coefficient (Wildman–Crippen LogP) is 2.03. The molecule has 1 heterocycles. The molecule has 0 unspecified atom stereocenters. The molecule has 108 valence electrons. The fourth-order valence-electron chi connectivity index (χ4n) is 1.50. The first-order valence-corrected chi connectivity index (χ1v) is 7.38. The third-order valence-electron chi connectivity index (χ3n) is 2.93. The van der Waals surface area contributed by atoms with E-state index >= 15 is 0 Å². The molecular weight excluding hydrogens is 264 g/mol. The van der Waals surface area contributed by atoms with Crippen LogP contribution >= 0.6 is 11.5 Å². The smallest absolute Gasteiger partial charge is 0.330 e. The standard InChI is InChI=1S/C12H22N4O2S/c1-4-6-7-18-11-15-12(19-16-11)14-9(10(13)17)8(3)5-2/h8-9H,4-7H2,1-3H3,(H2,13,17)(H,14,15,16)/t8-,9-/m0/s1. The number of unbranched alkanes of at least 4 members (excludes halogenated alkanes) is 1. The van der Waals surface area contributed by atoms with Crippen LogP contribution in [-0.4, -0.2) is 27.9 Å². The topological polar surface area (TPSA) is 90.1 Å². The molecule has 3 N–H and O–H groups in total. The lowest BCUT2D eigenvalue weighted by Crippen LogP contribution is -2.40. The van der Waals surface area contributed by atoms with E-state index in [4.69, 9.17) is 10.5 Å². The third-order valence-corrected chi connectivity index (χ3v) is 3.56. The SMILES string of the molecule is CCCCOc1nsc(N[C@H](C(N)=O)[C@@H](C)CC)n1. The Hall–Kier alpha value is -1.37. The summed E-state index contributed by atoms with van der Waals surface area (Å²) in [5, 5.41) is 3.60. The van der Waals surface area contributed by atoms with Crippen molar-refractivity contribution in [2.75, 3.05) is 11.9 Å². The van der Waals surface area contributed by atoms with Gasteiger partial charge in [0.25, 0.3) is 0 Å². The number of nitrogens with zero attached hydrogens (tertiary/aromatic N) is 2. The summed E-state index contributed by atoms with van der Waals surface area (Å²) < 4.78 is 9.47. The van der Waals surface area contributed by atoms with E-state index in [2.05, 4.69) is 21.6 Å². The van der Waals surface area contributed by atoms with Crippen LogP contribution in [0.25, 0.3) is 0 Å². The van der Waals surface area contributed by atoms with E-state index in [-0.39, 0.29) is 11.8 Å². The highest BCUT2D eigenvalue weighted by Gasteiger charge is 2.22. The number of primary amides is 1. The number of hydrogen-bond donors (Lipinski definition) is 2. The Labute approximate surface area is 117 Å². The fraction of sp³-hybridized carbons (Fsp3) is 0.750. The number of nitrogens with two attached hydrogens (primary N) is 1. The summed E-state index contributed by atoms with van der Waals surface area (Å²) in [7, 11) is 0. The summed E-state index contributed by atoms with van der Waals surface area (Å²) in [6, 6.07) is -0.0743. The number of carbonyl (C=O) groups is 1. The van der Waals surface area contributed by atoms with E-state index in [9.17, 15) is 4.79 Å². The zero-order valence-electron chi connectivity index (χ0n) is 11.7. The molecule has 0 bridgehead atoms. The van der Waals surface area contributed by atoms with Crippen molar-refractivity contribution in [1.82, 2.24) is 9.36 Å². The second-order valence-electron chi connectivity index (χ2n) is 4.49. The van der Waals surface area contributed by atoms with Gasteiger partial charge in [-0.1, -0.05) is 33.6 Å². The molecule has 0 aromatic carbocycles. The molecule has 2 atom stereocenters. The molecule has 6 nitrogen and oxygen atoms in total. The van der Waals surface area contributed by atoms with Crippen molar-refractivity contribution in [2.45, 2.75) is 46.1 Å². The first-order valence-electron chi connectivity index (χ1n) is 6.60. The molecule has 1 aromatic heterocycles. The van der Waals surface area contributed by atoms with Crippen LogP contribution in [0.3, 0.4) is 0 Å². The minimum Gasteiger partial charge on any atom is -0.463 e. The lowest BCUT2D eigenvalue weighted by atomic mass is 9.99. The van der Waals surface area contributed by atoms with Gasteiger partial charge in [-0.05, 0) is 12.3 Å². The number of hydrogen-bond acceptors (Lipinski definition) is 6. The van der Waals surface area contributed by atoms with Crippen molar-refractivity contribution >= 4 is 22.6 Å². The van der Waals surface area contributed by atoms with Crippen LogP contribution in [0.1, 0.15) is 40.0 Å². The molecule has 0 spiro atoms. The zero-order chi connectivity index (χ0) is 14.3. The lowest BCUT2D eigenvalue weighted by molar-refractivity contribution is -0.119. The molecule has 1 rings (SSSR count). The largest absolute Gasteiger partial charge is 0.463 e. The Bertz CT molecular complexity index is 397. The van der Waals surface area contributed by atoms with E-state index in [0.717, 1.165) is 19.3 Å². The molecule has 7 heteroatoms. The number of rotatable bonds is 9. The van der Waals surface area contributed by atoms with Crippen LogP contribution in [-0.2, 0) is 4.79 Å². The van der Waals surface area contributed by atoms with Gasteiger partial charge in [0.15, 0.2) is 0 Å². The summed E-state index contributed by atoms with van der Waals surface area (Å²) in [4.78, 5) is 15.6. The summed E-state index contributed by atoms with van der Waals surface area (Å²) in [5.41, 5.74) is 5.39. The lowest BCUT2D eigenvalue weighted by Gasteiger charge is -2.20. The summed E-state index contributed by atoms with van der Waals surface area (Å²) >= 11 is 1.18. The van der Waals surface area contributed by atoms with Gasteiger partial charge >= 0.3 is 6.01 Å². The van der Waals surface area contributed by atoms with Gasteiger partial charge in [0, 0.05) is 11.5 Å². The number of carbonyl (C=O) groups excluding carboxylic acids is 1. The van der Waals surface area contributed by atoms with Crippen LogP contribution in [0.4, 0.5) is 5.13 Å². The molecule has 0 radical (unpaired) electrons. The van der Waals surface area contributed by atoms with Gasteiger partial charge in [-0.25, -0.2) is 0 Å². The summed E-state index contributed by atoms with van der Waals surface area (Å²) in [6.45, 7) is 6.69. The molecule has 19 heavy (non-hydrogen) atoms. The van der Waals surface area contributed by atoms with E-state index in [1.54, 1.807) is 0 Å². The minimum atomic E-state index is -0.429. The molecule has 1 aromatic rings. The molecule has 0 saturated heterocycles. The fourth-order valence-corrected chi connectivity index (χ4v) is 2.05.